The van der Waals surface area contributed by atoms with Crippen LogP contribution in [0, 0.1) is 6.92 Å². The molecule has 1 aromatic carbocycles. The van der Waals surface area contributed by atoms with Crippen LogP contribution in [0.4, 0.5) is 0 Å². The number of halogens is 2. The van der Waals surface area contributed by atoms with Crippen molar-refractivity contribution in [2.45, 2.75) is 19.9 Å². The smallest absolute Gasteiger partial charge is 0.0518 e. The fraction of sp³-hybridized carbons (Fsp3) is 0.273. The van der Waals surface area contributed by atoms with Gasteiger partial charge in [0.05, 0.1) is 5.02 Å². The third-order valence-electron chi connectivity index (χ3n) is 2.51. The van der Waals surface area contributed by atoms with E-state index >= 15 is 0 Å². The number of aryl methyl sites for hydroxylation is 1. The summed E-state index contributed by atoms with van der Waals surface area (Å²) in [7, 11) is 0. The molecule has 80 valence electrons. The molecular formula is C11H12Cl2N2. The minimum atomic E-state index is -0.0441. The Morgan fingerprint density at radius 2 is 2.00 bits per heavy atom. The van der Waals surface area contributed by atoms with Crippen LogP contribution in [0.5, 0.6) is 0 Å². The van der Waals surface area contributed by atoms with Gasteiger partial charge in [0.25, 0.3) is 0 Å². The molecule has 1 heterocycles. The van der Waals surface area contributed by atoms with Gasteiger partial charge < -0.3 is 10.7 Å². The molecule has 1 aromatic heterocycles. The molecule has 0 spiro atoms. The maximum atomic E-state index is 6.16. The molecule has 0 radical (unpaired) electrons. The summed E-state index contributed by atoms with van der Waals surface area (Å²) in [6, 6.07) is 3.56. The molecule has 15 heavy (non-hydrogen) atoms. The van der Waals surface area contributed by atoms with E-state index in [9.17, 15) is 0 Å². The molecule has 2 nitrogen and oxygen atoms in total. The van der Waals surface area contributed by atoms with Gasteiger partial charge in [0, 0.05) is 27.7 Å². The van der Waals surface area contributed by atoms with Crippen molar-refractivity contribution in [3.63, 3.8) is 0 Å². The largest absolute Gasteiger partial charge is 0.358 e. The molecular weight excluding hydrogens is 231 g/mol. The normalized spacial score (nSPS) is 13.4. The van der Waals surface area contributed by atoms with E-state index in [0.717, 1.165) is 22.2 Å². The van der Waals surface area contributed by atoms with Gasteiger partial charge >= 0.3 is 0 Å². The molecule has 4 heteroatoms. The summed E-state index contributed by atoms with van der Waals surface area (Å²) in [5, 5.41) is 2.26. The summed E-state index contributed by atoms with van der Waals surface area (Å²) in [6.07, 6.45) is 0. The quantitative estimate of drug-likeness (QED) is 0.785. The third kappa shape index (κ3) is 1.73. The van der Waals surface area contributed by atoms with Crippen molar-refractivity contribution < 1.29 is 0 Å². The van der Waals surface area contributed by atoms with Crippen LogP contribution in [0.3, 0.4) is 0 Å². The summed E-state index contributed by atoms with van der Waals surface area (Å²) in [5.74, 6) is 0. The molecule has 0 aliphatic rings. The Bertz CT molecular complexity index is 515. The van der Waals surface area contributed by atoms with Gasteiger partial charge in [-0.05, 0) is 31.5 Å². The first kappa shape index (κ1) is 10.8. The molecule has 1 unspecified atom stereocenters. The molecule has 0 aliphatic heterocycles. The third-order valence-corrected chi connectivity index (χ3v) is 3.02. The highest BCUT2D eigenvalue weighted by Gasteiger charge is 2.15. The zero-order chi connectivity index (χ0) is 11.2. The lowest BCUT2D eigenvalue weighted by Gasteiger charge is -2.06. The van der Waals surface area contributed by atoms with E-state index in [2.05, 4.69) is 4.98 Å². The van der Waals surface area contributed by atoms with Crippen molar-refractivity contribution in [3.05, 3.63) is 33.4 Å². The Morgan fingerprint density at radius 3 is 2.60 bits per heavy atom. The van der Waals surface area contributed by atoms with Gasteiger partial charge in [0.1, 0.15) is 0 Å². The second-order valence-electron chi connectivity index (χ2n) is 3.76. The number of benzene rings is 1. The molecule has 2 rings (SSSR count). The maximum Gasteiger partial charge on any atom is 0.0518 e. The predicted molar refractivity (Wildman–Crippen MR) is 65.7 cm³/mol. The standard InChI is InChI=1S/C11H12Cl2N2/c1-5(14)10-6(2)15-9-4-7(12)3-8(13)11(9)10/h3-5,15H,14H2,1-2H3. The summed E-state index contributed by atoms with van der Waals surface area (Å²) in [5.41, 5.74) is 8.97. The first-order chi connectivity index (χ1) is 7.00. The molecule has 3 N–H and O–H groups in total. The molecule has 0 bridgehead atoms. The summed E-state index contributed by atoms with van der Waals surface area (Å²) >= 11 is 12.1. The number of aromatic amines is 1. The second-order valence-corrected chi connectivity index (χ2v) is 4.61. The van der Waals surface area contributed by atoms with Crippen molar-refractivity contribution in [1.82, 2.24) is 4.98 Å². The number of nitrogens with one attached hydrogen (secondary N) is 1. The Balaban J connectivity index is 2.87. The van der Waals surface area contributed by atoms with Crippen LogP contribution < -0.4 is 5.73 Å². The second kappa shape index (κ2) is 3.71. The average Bonchev–Trinajstić information content (AvgIpc) is 2.40. The summed E-state index contributed by atoms with van der Waals surface area (Å²) in [4.78, 5) is 3.24. The van der Waals surface area contributed by atoms with Crippen LogP contribution in [0.15, 0.2) is 12.1 Å². The van der Waals surface area contributed by atoms with Crippen molar-refractivity contribution >= 4 is 34.1 Å². The van der Waals surface area contributed by atoms with Crippen molar-refractivity contribution in [1.29, 1.82) is 0 Å². The Morgan fingerprint density at radius 1 is 1.33 bits per heavy atom. The lowest BCUT2D eigenvalue weighted by atomic mass is 10.1. The van der Waals surface area contributed by atoms with Gasteiger partial charge in [-0.3, -0.25) is 0 Å². The Kier molecular flexibility index (Phi) is 2.67. The number of nitrogens with two attached hydrogens (primary N) is 1. The number of hydrogen-bond acceptors (Lipinski definition) is 1. The molecule has 0 fully saturated rings. The van der Waals surface area contributed by atoms with Crippen LogP contribution in [0.1, 0.15) is 24.2 Å². The van der Waals surface area contributed by atoms with Crippen LogP contribution in [-0.2, 0) is 0 Å². The maximum absolute atomic E-state index is 6.16. The van der Waals surface area contributed by atoms with Gasteiger partial charge in [-0.2, -0.15) is 0 Å². The van der Waals surface area contributed by atoms with Crippen LogP contribution >= 0.6 is 23.2 Å². The van der Waals surface area contributed by atoms with Gasteiger partial charge in [-0.25, -0.2) is 0 Å². The zero-order valence-electron chi connectivity index (χ0n) is 8.57. The SMILES string of the molecule is Cc1[nH]c2cc(Cl)cc(Cl)c2c1C(C)N. The van der Waals surface area contributed by atoms with Gasteiger partial charge in [-0.1, -0.05) is 23.2 Å². The minimum Gasteiger partial charge on any atom is -0.358 e. The van der Waals surface area contributed by atoms with E-state index in [-0.39, 0.29) is 6.04 Å². The lowest BCUT2D eigenvalue weighted by molar-refractivity contribution is 0.817. The van der Waals surface area contributed by atoms with E-state index in [1.807, 2.05) is 19.9 Å². The molecule has 2 aromatic rings. The van der Waals surface area contributed by atoms with Crippen molar-refractivity contribution in [3.8, 4) is 0 Å². The average molecular weight is 243 g/mol. The van der Waals surface area contributed by atoms with Gasteiger partial charge in [0.15, 0.2) is 0 Å². The molecule has 0 aliphatic carbocycles. The van der Waals surface area contributed by atoms with E-state index in [4.69, 9.17) is 28.9 Å². The number of rotatable bonds is 1. The molecule has 0 amide bonds. The van der Waals surface area contributed by atoms with Crippen LogP contribution in [0.2, 0.25) is 10.0 Å². The molecule has 0 saturated heterocycles. The number of fused-ring (bicyclic) bond motifs is 1. The summed E-state index contributed by atoms with van der Waals surface area (Å²) < 4.78 is 0. The number of hydrogen-bond donors (Lipinski definition) is 2. The Labute approximate surface area is 98.4 Å². The highest BCUT2D eigenvalue weighted by molar-refractivity contribution is 6.38. The predicted octanol–water partition coefficient (Wildman–Crippen LogP) is 3.80. The zero-order valence-corrected chi connectivity index (χ0v) is 10.1. The fourth-order valence-corrected chi connectivity index (χ4v) is 2.57. The highest BCUT2D eigenvalue weighted by atomic mass is 35.5. The van der Waals surface area contributed by atoms with Gasteiger partial charge in [-0.15, -0.1) is 0 Å². The molecule has 1 atom stereocenters. The number of aromatic nitrogens is 1. The van der Waals surface area contributed by atoms with Crippen LogP contribution in [-0.4, -0.2) is 4.98 Å². The minimum absolute atomic E-state index is 0.0441. The fourth-order valence-electron chi connectivity index (χ4n) is 1.97. The van der Waals surface area contributed by atoms with Gasteiger partial charge in [0.2, 0.25) is 0 Å². The van der Waals surface area contributed by atoms with E-state index in [1.54, 1.807) is 6.07 Å². The topological polar surface area (TPSA) is 41.8 Å². The van der Waals surface area contributed by atoms with E-state index < -0.39 is 0 Å². The highest BCUT2D eigenvalue weighted by Crippen LogP contribution is 2.34. The van der Waals surface area contributed by atoms with E-state index in [0.29, 0.717) is 10.0 Å². The first-order valence-electron chi connectivity index (χ1n) is 4.73. The Hall–Kier alpha value is -0.700. The number of H-pyrrole nitrogens is 1. The van der Waals surface area contributed by atoms with Crippen molar-refractivity contribution in [2.75, 3.05) is 0 Å². The van der Waals surface area contributed by atoms with Crippen molar-refractivity contribution in [2.24, 2.45) is 5.73 Å². The van der Waals surface area contributed by atoms with Crippen LogP contribution in [0.25, 0.3) is 10.9 Å². The molecule has 0 saturated carbocycles. The monoisotopic (exact) mass is 242 g/mol. The van der Waals surface area contributed by atoms with E-state index in [1.165, 1.54) is 0 Å². The lowest BCUT2D eigenvalue weighted by Crippen LogP contribution is -2.05. The summed E-state index contributed by atoms with van der Waals surface area (Å²) in [6.45, 7) is 3.93. The first-order valence-corrected chi connectivity index (χ1v) is 5.49.